The maximum atomic E-state index is 11.8. The molecule has 1 heterocycles. The molecule has 1 amide bonds. The molecule has 98 valence electrons. The van der Waals surface area contributed by atoms with E-state index in [1.165, 1.54) is 0 Å². The zero-order valence-corrected chi connectivity index (χ0v) is 12.1. The molecule has 0 N–H and O–H groups in total. The monoisotopic (exact) mass is 320 g/mol. The maximum Gasteiger partial charge on any atom is 0.227 e. The van der Waals surface area contributed by atoms with Gasteiger partial charge in [-0.3, -0.25) is 4.79 Å². The fraction of sp³-hybridized carbons (Fsp3) is 0.286. The summed E-state index contributed by atoms with van der Waals surface area (Å²) < 4.78 is 6.01. The summed E-state index contributed by atoms with van der Waals surface area (Å²) in [6, 6.07) is 7.78. The lowest BCUT2D eigenvalue weighted by atomic mass is 10.1. The van der Waals surface area contributed by atoms with Crippen molar-refractivity contribution in [2.75, 3.05) is 7.11 Å². The molecule has 0 bridgehead atoms. The average Bonchev–Trinajstić information content (AvgIpc) is 2.41. The highest BCUT2D eigenvalue weighted by Crippen LogP contribution is 2.27. The molecule has 0 radical (unpaired) electrons. The van der Waals surface area contributed by atoms with Crippen LogP contribution in [0.15, 0.2) is 34.4 Å². The third-order valence-electron chi connectivity index (χ3n) is 2.95. The normalized spacial score (nSPS) is 14.9. The Balaban J connectivity index is 2.19. The first kappa shape index (κ1) is 13.6. The van der Waals surface area contributed by atoms with E-state index in [9.17, 15) is 4.79 Å². The maximum absolute atomic E-state index is 11.8. The molecular weight excluding hydrogens is 308 g/mol. The number of rotatable bonds is 3. The van der Waals surface area contributed by atoms with Gasteiger partial charge < -0.3 is 9.64 Å². The second kappa shape index (κ2) is 5.89. The van der Waals surface area contributed by atoms with E-state index < -0.39 is 0 Å². The quantitative estimate of drug-likeness (QED) is 0.860. The van der Waals surface area contributed by atoms with Gasteiger partial charge in [0.1, 0.15) is 5.75 Å². The van der Waals surface area contributed by atoms with Crippen molar-refractivity contribution in [1.82, 2.24) is 4.90 Å². The summed E-state index contributed by atoms with van der Waals surface area (Å²) in [5.74, 6) is 0.799. The second-order valence-electron chi connectivity index (χ2n) is 4.26. The van der Waals surface area contributed by atoms with Crippen LogP contribution < -0.4 is 4.74 Å². The van der Waals surface area contributed by atoms with E-state index in [0.717, 1.165) is 15.8 Å². The van der Waals surface area contributed by atoms with E-state index in [1.807, 2.05) is 18.2 Å². The van der Waals surface area contributed by atoms with Gasteiger partial charge >= 0.3 is 0 Å². The SMILES string of the molecule is COc1ccc(CN2C=C(C#N)CCC2=O)cc1Br. The first-order valence-corrected chi connectivity index (χ1v) is 6.66. The van der Waals surface area contributed by atoms with E-state index in [0.29, 0.717) is 25.0 Å². The van der Waals surface area contributed by atoms with Gasteiger partial charge in [0.2, 0.25) is 5.91 Å². The minimum absolute atomic E-state index is 0.0472. The molecule has 4 nitrogen and oxygen atoms in total. The molecule has 0 aliphatic carbocycles. The minimum atomic E-state index is 0.0472. The highest BCUT2D eigenvalue weighted by molar-refractivity contribution is 9.10. The van der Waals surface area contributed by atoms with E-state index in [1.54, 1.807) is 18.2 Å². The zero-order chi connectivity index (χ0) is 13.8. The topological polar surface area (TPSA) is 53.3 Å². The van der Waals surface area contributed by atoms with Crippen molar-refractivity contribution in [2.24, 2.45) is 0 Å². The smallest absolute Gasteiger partial charge is 0.227 e. The fourth-order valence-electron chi connectivity index (χ4n) is 1.93. The Labute approximate surface area is 120 Å². The molecular formula is C14H13BrN2O2. The highest BCUT2D eigenvalue weighted by atomic mass is 79.9. The third kappa shape index (κ3) is 3.15. The summed E-state index contributed by atoms with van der Waals surface area (Å²) in [6.45, 7) is 0.465. The lowest BCUT2D eigenvalue weighted by molar-refractivity contribution is -0.129. The molecule has 0 spiro atoms. The number of methoxy groups -OCH3 is 1. The molecule has 0 unspecified atom stereocenters. The number of carbonyl (C=O) groups excluding carboxylic acids is 1. The predicted octanol–water partition coefficient (Wildman–Crippen LogP) is 2.99. The zero-order valence-electron chi connectivity index (χ0n) is 10.5. The minimum Gasteiger partial charge on any atom is -0.496 e. The fourth-order valence-corrected chi connectivity index (χ4v) is 2.52. The van der Waals surface area contributed by atoms with Crippen LogP contribution in [0.3, 0.4) is 0 Å². The number of halogens is 1. The van der Waals surface area contributed by atoms with Crippen molar-refractivity contribution < 1.29 is 9.53 Å². The van der Waals surface area contributed by atoms with Crippen LogP contribution in [0.1, 0.15) is 18.4 Å². The number of ether oxygens (including phenoxy) is 1. The summed E-state index contributed by atoms with van der Waals surface area (Å²) in [5.41, 5.74) is 1.63. The Hall–Kier alpha value is -1.80. The average molecular weight is 321 g/mol. The summed E-state index contributed by atoms with van der Waals surface area (Å²) in [4.78, 5) is 13.4. The van der Waals surface area contributed by atoms with Crippen LogP contribution in [-0.4, -0.2) is 17.9 Å². The van der Waals surface area contributed by atoms with E-state index >= 15 is 0 Å². The Bertz CT molecular complexity index is 575. The van der Waals surface area contributed by atoms with Crippen molar-refractivity contribution in [1.29, 1.82) is 5.26 Å². The van der Waals surface area contributed by atoms with Crippen molar-refractivity contribution in [2.45, 2.75) is 19.4 Å². The molecule has 1 aromatic carbocycles. The Morgan fingerprint density at radius 3 is 2.89 bits per heavy atom. The van der Waals surface area contributed by atoms with Crippen molar-refractivity contribution in [3.05, 3.63) is 40.0 Å². The van der Waals surface area contributed by atoms with Gasteiger partial charge in [0.25, 0.3) is 0 Å². The molecule has 1 aliphatic rings. The highest BCUT2D eigenvalue weighted by Gasteiger charge is 2.18. The van der Waals surface area contributed by atoms with Gasteiger partial charge in [0, 0.05) is 18.2 Å². The number of nitriles is 1. The molecule has 0 fully saturated rings. The number of benzene rings is 1. The number of hydrogen-bond donors (Lipinski definition) is 0. The molecule has 0 saturated heterocycles. The van der Waals surface area contributed by atoms with Crippen molar-refractivity contribution >= 4 is 21.8 Å². The predicted molar refractivity (Wildman–Crippen MR) is 74.2 cm³/mol. The number of hydrogen-bond acceptors (Lipinski definition) is 3. The van der Waals surface area contributed by atoms with Crippen LogP contribution >= 0.6 is 15.9 Å². The largest absolute Gasteiger partial charge is 0.496 e. The summed E-state index contributed by atoms with van der Waals surface area (Å²) in [6.07, 6.45) is 2.58. The summed E-state index contributed by atoms with van der Waals surface area (Å²) in [5, 5.41) is 8.89. The van der Waals surface area contributed by atoms with Gasteiger partial charge in [-0.2, -0.15) is 5.26 Å². The van der Waals surface area contributed by atoms with Crippen LogP contribution in [0.25, 0.3) is 0 Å². The van der Waals surface area contributed by atoms with Gasteiger partial charge in [0.05, 0.1) is 24.2 Å². The van der Waals surface area contributed by atoms with Crippen molar-refractivity contribution in [3.8, 4) is 11.8 Å². The first-order chi connectivity index (χ1) is 9.13. The lowest BCUT2D eigenvalue weighted by Gasteiger charge is -2.23. The molecule has 0 atom stereocenters. The standard InChI is InChI=1S/C14H13BrN2O2/c1-19-13-4-2-10(6-12(13)15)8-17-9-11(7-16)3-5-14(17)18/h2,4,6,9H,3,5,8H2,1H3. The van der Waals surface area contributed by atoms with Crippen LogP contribution in [0.4, 0.5) is 0 Å². The van der Waals surface area contributed by atoms with Crippen LogP contribution in [0.2, 0.25) is 0 Å². The Morgan fingerprint density at radius 1 is 1.47 bits per heavy atom. The molecule has 5 heteroatoms. The van der Waals surface area contributed by atoms with Gasteiger partial charge in [-0.25, -0.2) is 0 Å². The number of nitrogens with zero attached hydrogens (tertiary/aromatic N) is 2. The number of allylic oxidation sites excluding steroid dienone is 1. The molecule has 1 aromatic rings. The molecule has 0 saturated carbocycles. The third-order valence-corrected chi connectivity index (χ3v) is 3.57. The Kier molecular flexibility index (Phi) is 4.23. The van der Waals surface area contributed by atoms with Gasteiger partial charge in [-0.15, -0.1) is 0 Å². The summed E-state index contributed by atoms with van der Waals surface area (Å²) >= 11 is 3.42. The van der Waals surface area contributed by atoms with Crippen molar-refractivity contribution in [3.63, 3.8) is 0 Å². The van der Waals surface area contributed by atoms with Crippen LogP contribution in [0, 0.1) is 11.3 Å². The lowest BCUT2D eigenvalue weighted by Crippen LogP contribution is -2.28. The van der Waals surface area contributed by atoms with E-state index in [-0.39, 0.29) is 5.91 Å². The van der Waals surface area contributed by atoms with Gasteiger partial charge in [-0.05, 0) is 40.0 Å². The van der Waals surface area contributed by atoms with Gasteiger partial charge in [0.15, 0.2) is 0 Å². The molecule has 19 heavy (non-hydrogen) atoms. The molecule has 1 aliphatic heterocycles. The van der Waals surface area contributed by atoms with E-state index in [4.69, 9.17) is 10.00 Å². The number of carbonyl (C=O) groups is 1. The van der Waals surface area contributed by atoms with Crippen LogP contribution in [0.5, 0.6) is 5.75 Å². The second-order valence-corrected chi connectivity index (χ2v) is 5.11. The van der Waals surface area contributed by atoms with Gasteiger partial charge in [-0.1, -0.05) is 6.07 Å². The summed E-state index contributed by atoms with van der Waals surface area (Å²) in [7, 11) is 1.61. The van der Waals surface area contributed by atoms with E-state index in [2.05, 4.69) is 22.0 Å². The molecule has 0 aromatic heterocycles. The van der Waals surface area contributed by atoms with Crippen LogP contribution in [-0.2, 0) is 11.3 Å². The first-order valence-electron chi connectivity index (χ1n) is 5.86. The molecule has 2 rings (SSSR count). The Morgan fingerprint density at radius 2 is 2.26 bits per heavy atom. The number of amides is 1.